The van der Waals surface area contributed by atoms with E-state index >= 15 is 0 Å². The van der Waals surface area contributed by atoms with Crippen LogP contribution in [0.5, 0.6) is 0 Å². The summed E-state index contributed by atoms with van der Waals surface area (Å²) in [7, 11) is 0. The molecule has 0 aliphatic carbocycles. The van der Waals surface area contributed by atoms with E-state index in [9.17, 15) is 18.0 Å². The van der Waals surface area contributed by atoms with Gasteiger partial charge in [0.15, 0.2) is 11.6 Å². The van der Waals surface area contributed by atoms with Crippen LogP contribution in [0.1, 0.15) is 15.9 Å². The van der Waals surface area contributed by atoms with E-state index in [4.69, 9.17) is 5.73 Å². The fraction of sp³-hybridized carbons (Fsp3) is 0.0714. The zero-order valence-corrected chi connectivity index (χ0v) is 10.3. The Balaban J connectivity index is 2.15. The second-order valence-electron chi connectivity index (χ2n) is 4.16. The van der Waals surface area contributed by atoms with Crippen molar-refractivity contribution in [1.29, 1.82) is 0 Å². The summed E-state index contributed by atoms with van der Waals surface area (Å²) < 4.78 is 39.2. The fourth-order valence-corrected chi connectivity index (χ4v) is 1.68. The third-order valence-corrected chi connectivity index (χ3v) is 2.72. The number of hydrogen-bond acceptors (Lipinski definition) is 2. The second kappa shape index (κ2) is 5.64. The molecule has 3 nitrogen and oxygen atoms in total. The van der Waals surface area contributed by atoms with Crippen molar-refractivity contribution in [3.63, 3.8) is 0 Å². The maximum atomic E-state index is 13.4. The molecule has 104 valence electrons. The maximum absolute atomic E-state index is 13.4. The smallest absolute Gasteiger partial charge is 0.248 e. The van der Waals surface area contributed by atoms with Crippen LogP contribution in [0.4, 0.5) is 18.9 Å². The molecule has 0 atom stereocenters. The van der Waals surface area contributed by atoms with Crippen LogP contribution in [0.2, 0.25) is 0 Å². The van der Waals surface area contributed by atoms with Gasteiger partial charge in [0, 0.05) is 29.4 Å². The summed E-state index contributed by atoms with van der Waals surface area (Å²) in [6.45, 7) is -0.0503. The van der Waals surface area contributed by atoms with Gasteiger partial charge in [-0.25, -0.2) is 13.2 Å². The first-order chi connectivity index (χ1) is 9.47. The van der Waals surface area contributed by atoms with Crippen LogP contribution in [0, 0.1) is 17.5 Å². The van der Waals surface area contributed by atoms with E-state index < -0.39 is 23.4 Å². The summed E-state index contributed by atoms with van der Waals surface area (Å²) in [5.41, 5.74) is 5.92. The summed E-state index contributed by atoms with van der Waals surface area (Å²) in [5, 5.41) is 2.81. The number of amides is 1. The van der Waals surface area contributed by atoms with Gasteiger partial charge in [0.1, 0.15) is 5.82 Å². The lowest BCUT2D eigenvalue weighted by Crippen LogP contribution is -2.11. The van der Waals surface area contributed by atoms with Gasteiger partial charge < -0.3 is 11.1 Å². The van der Waals surface area contributed by atoms with Crippen molar-refractivity contribution in [2.45, 2.75) is 6.54 Å². The van der Waals surface area contributed by atoms with E-state index in [1.807, 2.05) is 0 Å². The topological polar surface area (TPSA) is 55.1 Å². The van der Waals surface area contributed by atoms with E-state index in [-0.39, 0.29) is 12.1 Å². The molecule has 1 amide bonds. The molecule has 0 unspecified atom stereocenters. The van der Waals surface area contributed by atoms with Gasteiger partial charge in [0.2, 0.25) is 5.91 Å². The lowest BCUT2D eigenvalue weighted by molar-refractivity contribution is 0.100. The number of halogens is 3. The number of benzene rings is 2. The van der Waals surface area contributed by atoms with Crippen LogP contribution in [0.25, 0.3) is 0 Å². The highest BCUT2D eigenvalue weighted by Gasteiger charge is 2.09. The molecule has 0 spiro atoms. The number of nitrogens with one attached hydrogen (secondary N) is 1. The minimum absolute atomic E-state index is 0.0200. The number of carbonyl (C=O) groups is 1. The van der Waals surface area contributed by atoms with E-state index in [0.29, 0.717) is 17.3 Å². The molecule has 0 fully saturated rings. The van der Waals surface area contributed by atoms with Crippen molar-refractivity contribution in [1.82, 2.24) is 0 Å². The van der Waals surface area contributed by atoms with Gasteiger partial charge in [-0.1, -0.05) is 6.07 Å². The van der Waals surface area contributed by atoms with Crippen molar-refractivity contribution in [3.05, 3.63) is 65.0 Å². The minimum Gasteiger partial charge on any atom is -0.381 e. The van der Waals surface area contributed by atoms with Crippen molar-refractivity contribution in [2.24, 2.45) is 5.73 Å². The molecule has 0 heterocycles. The molecular formula is C14H11F3N2O. The van der Waals surface area contributed by atoms with Gasteiger partial charge >= 0.3 is 0 Å². The Morgan fingerprint density at radius 3 is 2.45 bits per heavy atom. The molecule has 0 saturated heterocycles. The number of carbonyl (C=O) groups excluding carboxylic acids is 1. The first-order valence-electron chi connectivity index (χ1n) is 5.74. The van der Waals surface area contributed by atoms with Gasteiger partial charge in [-0.15, -0.1) is 0 Å². The minimum atomic E-state index is -1.23. The molecule has 2 aromatic carbocycles. The Kier molecular flexibility index (Phi) is 3.93. The largest absolute Gasteiger partial charge is 0.381 e. The Labute approximate surface area is 113 Å². The molecule has 2 aromatic rings. The third kappa shape index (κ3) is 3.09. The van der Waals surface area contributed by atoms with Crippen LogP contribution in [0.15, 0.2) is 36.4 Å². The zero-order chi connectivity index (χ0) is 14.7. The van der Waals surface area contributed by atoms with Gasteiger partial charge in [0.25, 0.3) is 0 Å². The summed E-state index contributed by atoms with van der Waals surface area (Å²) >= 11 is 0. The predicted molar refractivity (Wildman–Crippen MR) is 68.6 cm³/mol. The number of primary amides is 1. The molecular weight excluding hydrogens is 269 g/mol. The molecule has 6 heteroatoms. The Morgan fingerprint density at radius 1 is 1.05 bits per heavy atom. The predicted octanol–water partition coefficient (Wildman–Crippen LogP) is 2.81. The summed E-state index contributed by atoms with van der Waals surface area (Å²) in [4.78, 5) is 11.0. The van der Waals surface area contributed by atoms with E-state index in [0.717, 1.165) is 6.07 Å². The zero-order valence-electron chi connectivity index (χ0n) is 10.3. The Morgan fingerprint density at radius 2 is 1.75 bits per heavy atom. The summed E-state index contributed by atoms with van der Waals surface area (Å²) in [6, 6.07) is 7.54. The number of nitrogens with two attached hydrogens (primary N) is 1. The average Bonchev–Trinajstić information content (AvgIpc) is 2.41. The maximum Gasteiger partial charge on any atom is 0.248 e. The molecule has 0 aromatic heterocycles. The molecule has 0 bridgehead atoms. The molecule has 0 radical (unpaired) electrons. The van der Waals surface area contributed by atoms with E-state index in [2.05, 4.69) is 5.32 Å². The van der Waals surface area contributed by atoms with Gasteiger partial charge in [-0.3, -0.25) is 4.79 Å². The fourth-order valence-electron chi connectivity index (χ4n) is 1.68. The Bertz CT molecular complexity index is 659. The molecule has 2 rings (SSSR count). The highest BCUT2D eigenvalue weighted by molar-refractivity contribution is 5.93. The van der Waals surface area contributed by atoms with Crippen molar-refractivity contribution >= 4 is 11.6 Å². The van der Waals surface area contributed by atoms with Gasteiger partial charge in [-0.2, -0.15) is 0 Å². The lowest BCUT2D eigenvalue weighted by Gasteiger charge is -2.09. The molecule has 20 heavy (non-hydrogen) atoms. The third-order valence-electron chi connectivity index (χ3n) is 2.72. The normalized spacial score (nSPS) is 10.3. The molecule has 0 aliphatic rings. The molecule has 0 saturated carbocycles. The van der Waals surface area contributed by atoms with Gasteiger partial charge in [0.05, 0.1) is 0 Å². The highest BCUT2D eigenvalue weighted by atomic mass is 19.2. The number of hydrogen-bond donors (Lipinski definition) is 2. The van der Waals surface area contributed by atoms with Crippen LogP contribution in [-0.2, 0) is 6.54 Å². The standard InChI is InChI=1S/C14H11F3N2O/c15-11-6-13(17)12(16)5-9(11)7-19-10-3-1-2-8(4-10)14(18)20/h1-6,19H,7H2,(H2,18,20). The monoisotopic (exact) mass is 280 g/mol. The summed E-state index contributed by atoms with van der Waals surface area (Å²) in [6.07, 6.45) is 0. The second-order valence-corrected chi connectivity index (χ2v) is 4.16. The van der Waals surface area contributed by atoms with Crippen molar-refractivity contribution in [2.75, 3.05) is 5.32 Å². The van der Waals surface area contributed by atoms with Crippen LogP contribution in [-0.4, -0.2) is 5.91 Å². The molecule has 0 aliphatic heterocycles. The average molecular weight is 280 g/mol. The quantitative estimate of drug-likeness (QED) is 0.846. The lowest BCUT2D eigenvalue weighted by atomic mass is 10.1. The van der Waals surface area contributed by atoms with E-state index in [1.165, 1.54) is 12.1 Å². The first kappa shape index (κ1) is 13.9. The molecule has 3 N–H and O–H groups in total. The summed E-state index contributed by atoms with van der Waals surface area (Å²) in [5.74, 6) is -3.79. The van der Waals surface area contributed by atoms with Crippen LogP contribution in [0.3, 0.4) is 0 Å². The number of rotatable bonds is 4. The van der Waals surface area contributed by atoms with Crippen LogP contribution < -0.4 is 11.1 Å². The number of anilines is 1. The highest BCUT2D eigenvalue weighted by Crippen LogP contribution is 2.16. The SMILES string of the molecule is NC(=O)c1cccc(NCc2cc(F)c(F)cc2F)c1. The van der Waals surface area contributed by atoms with Crippen molar-refractivity contribution < 1.29 is 18.0 Å². The first-order valence-corrected chi connectivity index (χ1v) is 5.74. The Hall–Kier alpha value is -2.50. The van der Waals surface area contributed by atoms with Gasteiger partial charge in [-0.05, 0) is 24.3 Å². The van der Waals surface area contributed by atoms with Crippen molar-refractivity contribution in [3.8, 4) is 0 Å². The van der Waals surface area contributed by atoms with E-state index in [1.54, 1.807) is 12.1 Å². The van der Waals surface area contributed by atoms with Crippen LogP contribution >= 0.6 is 0 Å².